The van der Waals surface area contributed by atoms with Crippen molar-refractivity contribution < 1.29 is 24.2 Å². The van der Waals surface area contributed by atoms with Crippen molar-refractivity contribution in [3.63, 3.8) is 0 Å². The zero-order valence-electron chi connectivity index (χ0n) is 21.7. The van der Waals surface area contributed by atoms with Gasteiger partial charge in [0.25, 0.3) is 0 Å². The number of hydrogen-bond acceptors (Lipinski definition) is 5. The second-order valence-electron chi connectivity index (χ2n) is 10.8. The molecule has 186 valence electrons. The Bertz CT molecular complexity index is 832. The summed E-state index contributed by atoms with van der Waals surface area (Å²) < 4.78 is 5.24. The molecule has 3 N–H and O–H groups in total. The van der Waals surface area contributed by atoms with Crippen molar-refractivity contribution in [3.8, 4) is 0 Å². The molecule has 33 heavy (non-hydrogen) atoms. The summed E-state index contributed by atoms with van der Waals surface area (Å²) in [7, 11) is 0. The van der Waals surface area contributed by atoms with Crippen LogP contribution in [0.5, 0.6) is 0 Å². The molecule has 0 heterocycles. The first-order valence-corrected chi connectivity index (χ1v) is 11.3. The van der Waals surface area contributed by atoms with E-state index in [0.29, 0.717) is 5.56 Å². The lowest BCUT2D eigenvalue weighted by atomic mass is 9.96. The summed E-state index contributed by atoms with van der Waals surface area (Å²) in [6, 6.07) is 3.12. The summed E-state index contributed by atoms with van der Waals surface area (Å²) in [6.07, 6.45) is -0.819. The molecule has 1 aromatic carbocycles. The van der Waals surface area contributed by atoms with Gasteiger partial charge < -0.3 is 25.4 Å². The number of nitrogens with zero attached hydrogens (tertiary/aromatic N) is 1. The fraction of sp³-hybridized carbons (Fsp3) is 0.640. The number of aryl methyl sites for hydroxylation is 2. The lowest BCUT2D eigenvalue weighted by Crippen LogP contribution is -2.57. The molecule has 0 radical (unpaired) electrons. The Morgan fingerprint density at radius 1 is 1.00 bits per heavy atom. The largest absolute Gasteiger partial charge is 0.444 e. The van der Waals surface area contributed by atoms with Crippen LogP contribution in [-0.2, 0) is 14.3 Å². The van der Waals surface area contributed by atoms with Gasteiger partial charge >= 0.3 is 6.09 Å². The molecule has 0 aliphatic carbocycles. The van der Waals surface area contributed by atoms with Gasteiger partial charge in [-0.05, 0) is 74.8 Å². The minimum Gasteiger partial charge on any atom is -0.444 e. The molecular formula is C25H41N3O5. The molecular weight excluding hydrogens is 422 g/mol. The summed E-state index contributed by atoms with van der Waals surface area (Å²) in [5.41, 5.74) is 1.29. The number of carbonyl (C=O) groups is 3. The fourth-order valence-electron chi connectivity index (χ4n) is 3.54. The van der Waals surface area contributed by atoms with Crippen molar-refractivity contribution in [1.29, 1.82) is 0 Å². The first-order valence-electron chi connectivity index (χ1n) is 11.3. The number of carbonyl (C=O) groups excluding carboxylic acids is 3. The van der Waals surface area contributed by atoms with E-state index in [1.165, 1.54) is 4.90 Å². The minimum absolute atomic E-state index is 0.344. The van der Waals surface area contributed by atoms with Gasteiger partial charge in [0.05, 0.1) is 6.61 Å². The Morgan fingerprint density at radius 2 is 1.52 bits per heavy atom. The van der Waals surface area contributed by atoms with Gasteiger partial charge in [0.1, 0.15) is 17.7 Å². The monoisotopic (exact) mass is 463 g/mol. The number of hydrogen-bond donors (Lipinski definition) is 3. The van der Waals surface area contributed by atoms with Crippen molar-refractivity contribution in [1.82, 2.24) is 15.5 Å². The van der Waals surface area contributed by atoms with Gasteiger partial charge in [-0.3, -0.25) is 9.59 Å². The molecule has 1 rings (SSSR count). The van der Waals surface area contributed by atoms with Gasteiger partial charge in [-0.25, -0.2) is 4.79 Å². The van der Waals surface area contributed by atoms with E-state index in [1.807, 2.05) is 52.8 Å². The molecule has 2 atom stereocenters. The van der Waals surface area contributed by atoms with Crippen LogP contribution in [0.3, 0.4) is 0 Å². The molecule has 0 aliphatic rings. The molecule has 8 nitrogen and oxygen atoms in total. The second kappa shape index (κ2) is 11.0. The van der Waals surface area contributed by atoms with Gasteiger partial charge in [-0.15, -0.1) is 0 Å². The molecule has 0 spiro atoms. The van der Waals surface area contributed by atoms with Crippen LogP contribution in [0.25, 0.3) is 0 Å². The van der Waals surface area contributed by atoms with Crippen LogP contribution in [0.15, 0.2) is 18.2 Å². The number of aliphatic hydroxyl groups excluding tert-OH is 1. The third kappa shape index (κ3) is 9.04. The van der Waals surface area contributed by atoms with Crippen LogP contribution in [0.4, 0.5) is 4.79 Å². The highest BCUT2D eigenvalue weighted by Crippen LogP contribution is 2.27. The van der Waals surface area contributed by atoms with E-state index >= 15 is 0 Å². The predicted molar refractivity (Wildman–Crippen MR) is 129 cm³/mol. The number of nitrogens with one attached hydrogen (secondary N) is 2. The van der Waals surface area contributed by atoms with E-state index in [9.17, 15) is 19.5 Å². The highest BCUT2D eigenvalue weighted by Gasteiger charge is 2.38. The van der Waals surface area contributed by atoms with E-state index < -0.39 is 47.9 Å². The van der Waals surface area contributed by atoms with Crippen LogP contribution in [0, 0.1) is 13.8 Å². The molecule has 3 amide bonds. The van der Waals surface area contributed by atoms with Crippen LogP contribution < -0.4 is 10.6 Å². The highest BCUT2D eigenvalue weighted by molar-refractivity contribution is 5.92. The Labute approximate surface area is 198 Å². The van der Waals surface area contributed by atoms with Crippen molar-refractivity contribution >= 4 is 17.9 Å². The molecule has 1 aromatic rings. The van der Waals surface area contributed by atoms with Crippen molar-refractivity contribution in [3.05, 3.63) is 34.9 Å². The van der Waals surface area contributed by atoms with Gasteiger partial charge in [0.2, 0.25) is 11.8 Å². The summed E-state index contributed by atoms with van der Waals surface area (Å²) in [4.78, 5) is 40.8. The second-order valence-corrected chi connectivity index (χ2v) is 10.8. The maximum absolute atomic E-state index is 13.6. The lowest BCUT2D eigenvalue weighted by Gasteiger charge is -2.38. The molecule has 0 aliphatic heterocycles. The Kier molecular flexibility index (Phi) is 9.48. The molecule has 0 saturated carbocycles. The molecule has 8 heteroatoms. The topological polar surface area (TPSA) is 108 Å². The maximum Gasteiger partial charge on any atom is 0.408 e. The zero-order chi connectivity index (χ0) is 25.7. The van der Waals surface area contributed by atoms with Crippen molar-refractivity contribution in [2.45, 2.75) is 98.5 Å². The van der Waals surface area contributed by atoms with Crippen LogP contribution >= 0.6 is 0 Å². The first kappa shape index (κ1) is 28.4. The average Bonchev–Trinajstić information content (AvgIpc) is 2.59. The Morgan fingerprint density at radius 3 is 1.91 bits per heavy atom. The van der Waals surface area contributed by atoms with Crippen molar-refractivity contribution in [2.24, 2.45) is 0 Å². The SMILES string of the molecule is Cc1cc(C)cc(C(C(=O)NC(C)(C)C)N(C(=O)C(CO)NC(=O)OC(C)(C)C)C(C)C)c1. The van der Waals surface area contributed by atoms with E-state index in [1.54, 1.807) is 34.6 Å². The maximum atomic E-state index is 13.6. The van der Waals surface area contributed by atoms with E-state index in [0.717, 1.165) is 11.1 Å². The number of rotatable bonds is 7. The normalized spacial score (nSPS) is 13.8. The lowest BCUT2D eigenvalue weighted by molar-refractivity contribution is -0.145. The number of ether oxygens (including phenoxy) is 1. The molecule has 0 saturated heterocycles. The molecule has 0 bridgehead atoms. The van der Waals surface area contributed by atoms with E-state index in [4.69, 9.17) is 4.74 Å². The minimum atomic E-state index is -1.27. The molecule has 0 fully saturated rings. The Hall–Kier alpha value is -2.61. The number of aliphatic hydroxyl groups is 1. The van der Waals surface area contributed by atoms with Gasteiger partial charge in [-0.1, -0.05) is 29.3 Å². The summed E-state index contributed by atoms with van der Waals surface area (Å²) in [6.45, 7) is 17.5. The van der Waals surface area contributed by atoms with Crippen LogP contribution in [0.1, 0.15) is 78.1 Å². The zero-order valence-corrected chi connectivity index (χ0v) is 21.7. The summed E-state index contributed by atoms with van der Waals surface area (Å²) in [5.74, 6) is -0.921. The first-order chi connectivity index (χ1) is 14.9. The number of alkyl carbamates (subject to hydrolysis) is 1. The van der Waals surface area contributed by atoms with Crippen LogP contribution in [-0.4, -0.2) is 57.7 Å². The molecule has 0 aromatic heterocycles. The fourth-order valence-corrected chi connectivity index (χ4v) is 3.54. The highest BCUT2D eigenvalue weighted by atomic mass is 16.6. The van der Waals surface area contributed by atoms with Crippen molar-refractivity contribution in [2.75, 3.05) is 6.61 Å². The predicted octanol–water partition coefficient (Wildman–Crippen LogP) is 3.38. The smallest absolute Gasteiger partial charge is 0.408 e. The third-order valence-electron chi connectivity index (χ3n) is 4.57. The summed E-state index contributed by atoms with van der Waals surface area (Å²) >= 11 is 0. The molecule has 2 unspecified atom stereocenters. The van der Waals surface area contributed by atoms with Gasteiger partial charge in [-0.2, -0.15) is 0 Å². The van der Waals surface area contributed by atoms with E-state index in [-0.39, 0.29) is 5.91 Å². The Balaban J connectivity index is 3.46. The van der Waals surface area contributed by atoms with Crippen LogP contribution in [0.2, 0.25) is 0 Å². The van der Waals surface area contributed by atoms with Gasteiger partial charge in [0, 0.05) is 11.6 Å². The van der Waals surface area contributed by atoms with Gasteiger partial charge in [0.15, 0.2) is 0 Å². The quantitative estimate of drug-likeness (QED) is 0.575. The standard InChI is InChI=1S/C25H41N3O5/c1-15(2)28(22(31)19(14-29)26-23(32)33-25(8,9)10)20(21(30)27-24(5,6)7)18-12-16(3)11-17(4)13-18/h11-13,15,19-20,29H,14H2,1-10H3,(H,26,32)(H,27,30). The average molecular weight is 464 g/mol. The number of benzene rings is 1. The van der Waals surface area contributed by atoms with E-state index in [2.05, 4.69) is 10.6 Å². The number of amides is 3. The summed E-state index contributed by atoms with van der Waals surface area (Å²) in [5, 5.41) is 15.3. The third-order valence-corrected chi connectivity index (χ3v) is 4.57.